The number of benzene rings is 1. The molecule has 0 spiro atoms. The second-order valence-corrected chi connectivity index (χ2v) is 7.27. The van der Waals surface area contributed by atoms with Gasteiger partial charge in [-0.1, -0.05) is 0 Å². The van der Waals surface area contributed by atoms with Gasteiger partial charge in [0.1, 0.15) is 17.9 Å². The van der Waals surface area contributed by atoms with Crippen molar-refractivity contribution < 1.29 is 23.1 Å². The normalized spacial score (nSPS) is 11.9. The average molecular weight is 397 g/mol. The summed E-state index contributed by atoms with van der Waals surface area (Å²) < 4.78 is 22.9. The van der Waals surface area contributed by atoms with Crippen LogP contribution in [0.5, 0.6) is 5.75 Å². The zero-order valence-corrected chi connectivity index (χ0v) is 17.3. The molecule has 0 aliphatic heterocycles. The lowest BCUT2D eigenvalue weighted by Crippen LogP contribution is -2.40. The van der Waals surface area contributed by atoms with E-state index in [1.165, 1.54) is 6.07 Å². The molecular weight excluding hydrogens is 366 g/mol. The van der Waals surface area contributed by atoms with Crippen molar-refractivity contribution in [3.63, 3.8) is 0 Å². The second-order valence-electron chi connectivity index (χ2n) is 7.02. The number of fused-ring (bicyclic) bond motifs is 1. The maximum absolute atomic E-state index is 11.7. The van der Waals surface area contributed by atoms with Crippen molar-refractivity contribution in [2.24, 2.45) is 0 Å². The lowest BCUT2D eigenvalue weighted by atomic mass is 10.1. The minimum absolute atomic E-state index is 0.290. The summed E-state index contributed by atoms with van der Waals surface area (Å²) in [5.41, 5.74) is 0.853. The van der Waals surface area contributed by atoms with Crippen molar-refractivity contribution in [2.75, 3.05) is 52.9 Å². The van der Waals surface area contributed by atoms with Gasteiger partial charge in [0.25, 0.3) is 0 Å². The van der Waals surface area contributed by atoms with Crippen molar-refractivity contribution >= 4 is 23.6 Å². The zero-order chi connectivity index (χ0) is 19.7. The largest absolute Gasteiger partial charge is 0.491 e. The third-order valence-corrected chi connectivity index (χ3v) is 4.74. The first-order chi connectivity index (χ1) is 12.9. The highest BCUT2D eigenvalue weighted by molar-refractivity contribution is 7.80. The van der Waals surface area contributed by atoms with E-state index in [0.29, 0.717) is 31.2 Å². The number of hydrogen-bond donors (Lipinski definition) is 1. The van der Waals surface area contributed by atoms with Gasteiger partial charge in [0.15, 0.2) is 0 Å². The fourth-order valence-corrected chi connectivity index (χ4v) is 2.74. The van der Waals surface area contributed by atoms with E-state index >= 15 is 0 Å². The maximum atomic E-state index is 11.7. The highest BCUT2D eigenvalue weighted by Crippen LogP contribution is 2.23. The molecule has 1 aromatic heterocycles. The maximum Gasteiger partial charge on any atom is 0.336 e. The Balaban J connectivity index is 1.83. The quantitative estimate of drug-likeness (QED) is 0.196. The summed E-state index contributed by atoms with van der Waals surface area (Å²) in [6.45, 7) is 6.42. The minimum atomic E-state index is -0.408. The van der Waals surface area contributed by atoms with Gasteiger partial charge in [0.2, 0.25) is 0 Å². The van der Waals surface area contributed by atoms with Crippen molar-refractivity contribution in [3.05, 3.63) is 40.2 Å². The second kappa shape index (κ2) is 10.7. The summed E-state index contributed by atoms with van der Waals surface area (Å²) in [7, 11) is 4.44. The first-order valence-electron chi connectivity index (χ1n) is 9.23. The fraction of sp³-hybridized carbons (Fsp3) is 0.550. The molecule has 0 bridgehead atoms. The van der Waals surface area contributed by atoms with Crippen LogP contribution >= 0.6 is 12.6 Å². The van der Waals surface area contributed by atoms with Gasteiger partial charge in [0, 0.05) is 23.9 Å². The van der Waals surface area contributed by atoms with E-state index in [9.17, 15) is 4.79 Å². The lowest BCUT2D eigenvalue weighted by Gasteiger charge is -2.27. The molecule has 2 aromatic rings. The Kier molecular flexibility index (Phi) is 8.63. The van der Waals surface area contributed by atoms with Gasteiger partial charge >= 0.3 is 5.63 Å². The lowest BCUT2D eigenvalue weighted by molar-refractivity contribution is -0.888. The van der Waals surface area contributed by atoms with Crippen LogP contribution < -0.4 is 10.4 Å². The number of rotatable bonds is 12. The van der Waals surface area contributed by atoms with Crippen LogP contribution in [0.2, 0.25) is 0 Å². The van der Waals surface area contributed by atoms with Gasteiger partial charge < -0.3 is 23.1 Å². The SMILES string of the molecule is CC[N+](C)(C)CCCOCCOc1ccc2c(COCS)cc(=O)oc2c1. The topological polar surface area (TPSA) is 57.9 Å². The summed E-state index contributed by atoms with van der Waals surface area (Å²) in [4.78, 5) is 11.7. The summed E-state index contributed by atoms with van der Waals surface area (Å²) >= 11 is 4.02. The van der Waals surface area contributed by atoms with E-state index in [1.807, 2.05) is 12.1 Å². The number of ether oxygens (including phenoxy) is 3. The molecule has 0 atom stereocenters. The molecule has 0 radical (unpaired) electrons. The molecule has 0 aliphatic rings. The van der Waals surface area contributed by atoms with Crippen molar-refractivity contribution in [2.45, 2.75) is 20.0 Å². The van der Waals surface area contributed by atoms with Crippen LogP contribution in [0.1, 0.15) is 18.9 Å². The summed E-state index contributed by atoms with van der Waals surface area (Å²) in [6, 6.07) is 6.89. The Morgan fingerprint density at radius 1 is 1.11 bits per heavy atom. The third-order valence-electron chi connectivity index (χ3n) is 4.56. The van der Waals surface area contributed by atoms with E-state index < -0.39 is 5.63 Å². The van der Waals surface area contributed by atoms with Crippen LogP contribution in [0, 0.1) is 0 Å². The Hall–Kier alpha value is -1.54. The molecule has 0 saturated heterocycles. The van der Waals surface area contributed by atoms with Gasteiger partial charge in [-0.05, 0) is 24.6 Å². The standard InChI is InChI=1S/C20H29NO5S/c1-4-21(2,3)8-5-9-23-10-11-25-17-6-7-18-16(14-24-15-27)12-20(22)26-19(18)13-17/h6-7,12-13H,4-5,8-11,14-15H2,1-3H3/p+1. The molecule has 0 N–H and O–H groups in total. The highest BCUT2D eigenvalue weighted by atomic mass is 32.1. The predicted molar refractivity (Wildman–Crippen MR) is 110 cm³/mol. The molecule has 0 fully saturated rings. The first-order valence-corrected chi connectivity index (χ1v) is 9.86. The summed E-state index contributed by atoms with van der Waals surface area (Å²) in [5, 5.41) is 0.830. The van der Waals surface area contributed by atoms with Crippen LogP contribution in [-0.2, 0) is 16.1 Å². The molecule has 150 valence electrons. The summed E-state index contributed by atoms with van der Waals surface area (Å²) in [6.07, 6.45) is 1.03. The van der Waals surface area contributed by atoms with Crippen LogP contribution in [0.3, 0.4) is 0 Å². The molecule has 1 heterocycles. The Morgan fingerprint density at radius 3 is 2.67 bits per heavy atom. The van der Waals surface area contributed by atoms with Crippen LogP contribution in [0.25, 0.3) is 11.0 Å². The van der Waals surface area contributed by atoms with Crippen molar-refractivity contribution in [1.29, 1.82) is 0 Å². The van der Waals surface area contributed by atoms with Crippen LogP contribution in [-0.4, -0.2) is 57.4 Å². The molecule has 0 aliphatic carbocycles. The van der Waals surface area contributed by atoms with Gasteiger partial charge in [-0.3, -0.25) is 0 Å². The smallest absolute Gasteiger partial charge is 0.336 e. The number of quaternary nitrogens is 1. The van der Waals surface area contributed by atoms with E-state index in [1.54, 1.807) is 6.07 Å². The number of thiol groups is 1. The minimum Gasteiger partial charge on any atom is -0.491 e. The number of nitrogens with zero attached hydrogens (tertiary/aromatic N) is 1. The average Bonchev–Trinajstić information content (AvgIpc) is 2.64. The van der Waals surface area contributed by atoms with Gasteiger partial charge in [-0.2, -0.15) is 12.6 Å². The fourth-order valence-electron chi connectivity index (χ4n) is 2.65. The van der Waals surface area contributed by atoms with Crippen molar-refractivity contribution in [3.8, 4) is 5.75 Å². The molecule has 2 rings (SSSR count). The van der Waals surface area contributed by atoms with Crippen LogP contribution in [0.4, 0.5) is 0 Å². The van der Waals surface area contributed by atoms with E-state index in [2.05, 4.69) is 33.6 Å². The van der Waals surface area contributed by atoms with E-state index in [0.717, 1.165) is 41.5 Å². The van der Waals surface area contributed by atoms with Gasteiger partial charge in [0.05, 0.1) is 52.9 Å². The Bertz CT molecular complexity index is 775. The Morgan fingerprint density at radius 2 is 1.93 bits per heavy atom. The number of hydrogen-bond acceptors (Lipinski definition) is 6. The zero-order valence-electron chi connectivity index (χ0n) is 16.4. The summed E-state index contributed by atoms with van der Waals surface area (Å²) in [5.74, 6) is 0.933. The molecule has 0 saturated carbocycles. The predicted octanol–water partition coefficient (Wildman–Crippen LogP) is 3.08. The van der Waals surface area contributed by atoms with Crippen molar-refractivity contribution in [1.82, 2.24) is 0 Å². The van der Waals surface area contributed by atoms with Gasteiger partial charge in [-0.15, -0.1) is 0 Å². The molecule has 7 heteroatoms. The third kappa shape index (κ3) is 7.18. The van der Waals surface area contributed by atoms with E-state index in [4.69, 9.17) is 18.6 Å². The Labute approximate surface area is 166 Å². The molecule has 1 aromatic carbocycles. The molecule has 0 unspecified atom stereocenters. The first kappa shape index (κ1) is 21.8. The van der Waals surface area contributed by atoms with Gasteiger partial charge in [-0.25, -0.2) is 4.79 Å². The van der Waals surface area contributed by atoms with E-state index in [-0.39, 0.29) is 5.94 Å². The molecular formula is C20H30NO5S+. The molecule has 6 nitrogen and oxygen atoms in total. The molecule has 0 amide bonds. The molecule has 27 heavy (non-hydrogen) atoms. The van der Waals surface area contributed by atoms with Crippen LogP contribution in [0.15, 0.2) is 33.5 Å². The highest BCUT2D eigenvalue weighted by Gasteiger charge is 2.10. The monoisotopic (exact) mass is 396 g/mol.